The molecule has 5 nitrogen and oxygen atoms in total. The monoisotopic (exact) mass is 386 g/mol. The molecule has 2 aromatic rings. The summed E-state index contributed by atoms with van der Waals surface area (Å²) in [4.78, 5) is 2.72. The van der Waals surface area contributed by atoms with Crippen LogP contribution in [0.2, 0.25) is 0 Å². The first-order valence-corrected chi connectivity index (χ1v) is 11.0. The van der Waals surface area contributed by atoms with Crippen molar-refractivity contribution < 1.29 is 14.0 Å². The van der Waals surface area contributed by atoms with Crippen LogP contribution in [0.15, 0.2) is 16.7 Å². The summed E-state index contributed by atoms with van der Waals surface area (Å²) in [6, 6.07) is 3.97. The number of aromatic nitrogens is 1. The summed E-state index contributed by atoms with van der Waals surface area (Å²) in [6.07, 6.45) is 12.0. The fraction of sp³-hybridized carbons (Fsp3) is 0.696. The molecule has 1 aliphatic heterocycles. The van der Waals surface area contributed by atoms with Gasteiger partial charge in [0.05, 0.1) is 19.9 Å². The molecule has 4 rings (SSSR count). The molecule has 2 heterocycles. The first-order valence-electron chi connectivity index (χ1n) is 11.0. The number of benzene rings is 1. The minimum atomic E-state index is 0.634. The molecule has 1 aliphatic carbocycles. The molecule has 0 bridgehead atoms. The minimum Gasteiger partial charge on any atom is -0.493 e. The molecule has 5 heteroatoms. The van der Waals surface area contributed by atoms with Crippen LogP contribution in [0.3, 0.4) is 0 Å². The average molecular weight is 387 g/mol. The topological polar surface area (TPSA) is 47.7 Å². The van der Waals surface area contributed by atoms with Crippen LogP contribution in [0.4, 0.5) is 0 Å². The molecular weight excluding hydrogens is 352 g/mol. The lowest BCUT2D eigenvalue weighted by molar-refractivity contribution is 0.142. The van der Waals surface area contributed by atoms with Crippen molar-refractivity contribution in [1.29, 1.82) is 0 Å². The quantitative estimate of drug-likeness (QED) is 0.665. The van der Waals surface area contributed by atoms with E-state index in [1.165, 1.54) is 71.0 Å². The van der Waals surface area contributed by atoms with Gasteiger partial charge in [-0.05, 0) is 75.6 Å². The SMILES string of the molecule is COc1ccc2c(CCC3CCN(CC4CCCCC4)CC3)noc2c1OC. The molecule has 0 radical (unpaired) electrons. The van der Waals surface area contributed by atoms with Gasteiger partial charge in [0, 0.05) is 11.9 Å². The Morgan fingerprint density at radius 3 is 2.50 bits per heavy atom. The van der Waals surface area contributed by atoms with Gasteiger partial charge in [-0.2, -0.15) is 0 Å². The molecule has 1 saturated heterocycles. The summed E-state index contributed by atoms with van der Waals surface area (Å²) < 4.78 is 16.4. The number of hydrogen-bond acceptors (Lipinski definition) is 5. The van der Waals surface area contributed by atoms with E-state index in [1.807, 2.05) is 12.1 Å². The van der Waals surface area contributed by atoms with E-state index in [0.717, 1.165) is 29.3 Å². The van der Waals surface area contributed by atoms with Crippen LogP contribution in [-0.4, -0.2) is 43.9 Å². The van der Waals surface area contributed by atoms with E-state index >= 15 is 0 Å². The van der Waals surface area contributed by atoms with E-state index in [-0.39, 0.29) is 0 Å². The number of aryl methyl sites for hydroxylation is 1. The summed E-state index contributed by atoms with van der Waals surface area (Å²) >= 11 is 0. The molecule has 0 atom stereocenters. The summed E-state index contributed by atoms with van der Waals surface area (Å²) in [5, 5.41) is 5.38. The van der Waals surface area contributed by atoms with Crippen LogP contribution in [0.5, 0.6) is 11.5 Å². The van der Waals surface area contributed by atoms with Gasteiger partial charge in [0.15, 0.2) is 5.75 Å². The molecule has 0 amide bonds. The van der Waals surface area contributed by atoms with Crippen molar-refractivity contribution in [1.82, 2.24) is 10.1 Å². The Hall–Kier alpha value is -1.75. The van der Waals surface area contributed by atoms with Crippen LogP contribution in [0.25, 0.3) is 11.0 Å². The van der Waals surface area contributed by atoms with Crippen LogP contribution < -0.4 is 9.47 Å². The van der Waals surface area contributed by atoms with Gasteiger partial charge in [-0.1, -0.05) is 24.4 Å². The predicted molar refractivity (Wildman–Crippen MR) is 111 cm³/mol. The maximum Gasteiger partial charge on any atom is 0.212 e. The highest BCUT2D eigenvalue weighted by molar-refractivity contribution is 5.87. The van der Waals surface area contributed by atoms with Gasteiger partial charge in [0.2, 0.25) is 11.3 Å². The number of ether oxygens (including phenoxy) is 2. The Kier molecular flexibility index (Phi) is 6.40. The molecule has 28 heavy (non-hydrogen) atoms. The van der Waals surface area contributed by atoms with Gasteiger partial charge in [-0.25, -0.2) is 0 Å². The van der Waals surface area contributed by atoms with E-state index in [1.54, 1.807) is 14.2 Å². The van der Waals surface area contributed by atoms with E-state index in [0.29, 0.717) is 17.1 Å². The number of piperidine rings is 1. The third-order valence-corrected chi connectivity index (χ3v) is 6.80. The minimum absolute atomic E-state index is 0.634. The van der Waals surface area contributed by atoms with Crippen molar-refractivity contribution in [2.24, 2.45) is 11.8 Å². The second kappa shape index (κ2) is 9.17. The Bertz CT molecular complexity index is 759. The van der Waals surface area contributed by atoms with Gasteiger partial charge < -0.3 is 18.9 Å². The third-order valence-electron chi connectivity index (χ3n) is 6.80. The normalized spacial score (nSPS) is 19.9. The van der Waals surface area contributed by atoms with E-state index in [2.05, 4.69) is 10.1 Å². The van der Waals surface area contributed by atoms with Crippen molar-refractivity contribution >= 4 is 11.0 Å². The first-order chi connectivity index (χ1) is 13.8. The van der Waals surface area contributed by atoms with E-state index in [9.17, 15) is 0 Å². The molecule has 0 N–H and O–H groups in total. The Balaban J connectivity index is 1.29. The third kappa shape index (κ3) is 4.29. The predicted octanol–water partition coefficient (Wildman–Crippen LogP) is 5.07. The van der Waals surface area contributed by atoms with Gasteiger partial charge in [0.25, 0.3) is 0 Å². The number of likely N-dealkylation sites (tertiary alicyclic amines) is 1. The maximum atomic E-state index is 5.59. The van der Waals surface area contributed by atoms with Crippen LogP contribution in [-0.2, 0) is 6.42 Å². The molecule has 2 aliphatic rings. The summed E-state index contributed by atoms with van der Waals surface area (Å²) in [5.74, 6) is 3.08. The van der Waals surface area contributed by atoms with Gasteiger partial charge >= 0.3 is 0 Å². The number of hydrogen-bond donors (Lipinski definition) is 0. The Labute approximate surface area is 168 Å². The van der Waals surface area contributed by atoms with E-state index < -0.39 is 0 Å². The number of fused-ring (bicyclic) bond motifs is 1. The highest BCUT2D eigenvalue weighted by Crippen LogP contribution is 2.37. The standard InChI is InChI=1S/C23H34N2O3/c1-26-21-11-9-19-20(24-28-22(19)23(21)27-2)10-8-17-12-14-25(15-13-17)16-18-6-4-3-5-7-18/h9,11,17-18H,3-8,10,12-16H2,1-2H3. The fourth-order valence-electron chi connectivity index (χ4n) is 5.08. The summed E-state index contributed by atoms with van der Waals surface area (Å²) in [5.41, 5.74) is 1.74. The highest BCUT2D eigenvalue weighted by atomic mass is 16.5. The van der Waals surface area contributed by atoms with Crippen molar-refractivity contribution in [2.45, 2.75) is 57.8 Å². The molecule has 0 unspecified atom stereocenters. The zero-order chi connectivity index (χ0) is 19.3. The van der Waals surface area contributed by atoms with Crippen molar-refractivity contribution in [2.75, 3.05) is 33.9 Å². The summed E-state index contributed by atoms with van der Waals surface area (Å²) in [6.45, 7) is 3.87. The van der Waals surface area contributed by atoms with Crippen LogP contribution >= 0.6 is 0 Å². The molecule has 2 fully saturated rings. The number of nitrogens with zero attached hydrogens (tertiary/aromatic N) is 2. The average Bonchev–Trinajstić information content (AvgIpc) is 3.16. The van der Waals surface area contributed by atoms with Crippen molar-refractivity contribution in [3.05, 3.63) is 17.8 Å². The first kappa shape index (κ1) is 19.6. The molecular formula is C23H34N2O3. The second-order valence-corrected chi connectivity index (χ2v) is 8.59. The Morgan fingerprint density at radius 1 is 1.00 bits per heavy atom. The van der Waals surface area contributed by atoms with Gasteiger partial charge in [0.1, 0.15) is 0 Å². The lowest BCUT2D eigenvalue weighted by atomic mass is 9.87. The van der Waals surface area contributed by atoms with Crippen molar-refractivity contribution in [3.63, 3.8) is 0 Å². The largest absolute Gasteiger partial charge is 0.493 e. The zero-order valence-corrected chi connectivity index (χ0v) is 17.4. The second-order valence-electron chi connectivity index (χ2n) is 8.59. The van der Waals surface area contributed by atoms with Crippen LogP contribution in [0, 0.1) is 11.8 Å². The Morgan fingerprint density at radius 2 is 1.79 bits per heavy atom. The maximum absolute atomic E-state index is 5.59. The fourth-order valence-corrected chi connectivity index (χ4v) is 5.08. The summed E-state index contributed by atoms with van der Waals surface area (Å²) in [7, 11) is 3.28. The lowest BCUT2D eigenvalue weighted by Crippen LogP contribution is -2.37. The van der Waals surface area contributed by atoms with Crippen LogP contribution in [0.1, 0.15) is 57.1 Å². The highest BCUT2D eigenvalue weighted by Gasteiger charge is 2.24. The number of methoxy groups -OCH3 is 2. The molecule has 154 valence electrons. The molecule has 1 saturated carbocycles. The smallest absolute Gasteiger partial charge is 0.212 e. The van der Waals surface area contributed by atoms with E-state index in [4.69, 9.17) is 14.0 Å². The van der Waals surface area contributed by atoms with Crippen molar-refractivity contribution in [3.8, 4) is 11.5 Å². The van der Waals surface area contributed by atoms with Gasteiger partial charge in [-0.3, -0.25) is 0 Å². The molecule has 0 spiro atoms. The number of rotatable bonds is 7. The molecule has 1 aromatic carbocycles. The lowest BCUT2D eigenvalue weighted by Gasteiger charge is -2.35. The molecule has 1 aromatic heterocycles. The zero-order valence-electron chi connectivity index (χ0n) is 17.4. The van der Waals surface area contributed by atoms with Gasteiger partial charge in [-0.15, -0.1) is 0 Å².